The van der Waals surface area contributed by atoms with Crippen molar-refractivity contribution in [2.24, 2.45) is 5.14 Å². The third-order valence-corrected chi connectivity index (χ3v) is 5.48. The number of rotatable bonds is 5. The second-order valence-corrected chi connectivity index (χ2v) is 7.58. The number of hydrogen-bond acceptors (Lipinski definition) is 3. The lowest BCUT2D eigenvalue weighted by Crippen LogP contribution is -2.26. The number of amides is 1. The maximum atomic E-state index is 12.6. The minimum absolute atomic E-state index is 0.0394. The van der Waals surface area contributed by atoms with Crippen molar-refractivity contribution in [1.29, 1.82) is 0 Å². The average molecular weight is 344 g/mol. The molecule has 1 saturated carbocycles. The number of primary sulfonamides is 1. The van der Waals surface area contributed by atoms with Crippen LogP contribution in [0.4, 0.5) is 0 Å². The number of carbonyl (C=O) groups is 1. The summed E-state index contributed by atoms with van der Waals surface area (Å²) in [6.07, 6.45) is 3.42. The molecule has 0 saturated heterocycles. The predicted octanol–water partition coefficient (Wildman–Crippen LogP) is 2.53. The molecule has 2 aromatic rings. The van der Waals surface area contributed by atoms with Crippen LogP contribution in [0, 0.1) is 0 Å². The van der Waals surface area contributed by atoms with Gasteiger partial charge in [0.05, 0.1) is 4.90 Å². The van der Waals surface area contributed by atoms with Crippen molar-refractivity contribution in [3.05, 3.63) is 65.2 Å². The Hall–Kier alpha value is -2.18. The highest BCUT2D eigenvalue weighted by Gasteiger charge is 2.24. The van der Waals surface area contributed by atoms with Gasteiger partial charge in [-0.1, -0.05) is 42.8 Å². The fourth-order valence-corrected chi connectivity index (χ4v) is 3.75. The maximum Gasteiger partial charge on any atom is 0.251 e. The lowest BCUT2D eigenvalue weighted by atomic mass is 9.78. The van der Waals surface area contributed by atoms with Crippen molar-refractivity contribution < 1.29 is 13.2 Å². The van der Waals surface area contributed by atoms with Crippen LogP contribution >= 0.6 is 0 Å². The molecule has 0 radical (unpaired) electrons. The van der Waals surface area contributed by atoms with Crippen molar-refractivity contribution in [1.82, 2.24) is 5.32 Å². The Labute approximate surface area is 141 Å². The summed E-state index contributed by atoms with van der Waals surface area (Å²) in [5, 5.41) is 8.04. The van der Waals surface area contributed by atoms with Gasteiger partial charge >= 0.3 is 0 Å². The largest absolute Gasteiger partial charge is 0.348 e. The summed E-state index contributed by atoms with van der Waals surface area (Å²) in [6.45, 7) is 0.116. The van der Waals surface area contributed by atoms with Gasteiger partial charge in [-0.2, -0.15) is 0 Å². The van der Waals surface area contributed by atoms with E-state index in [1.54, 1.807) is 18.2 Å². The molecule has 0 bridgehead atoms. The Balaban J connectivity index is 1.78. The molecule has 5 nitrogen and oxygen atoms in total. The van der Waals surface area contributed by atoms with Crippen molar-refractivity contribution in [2.75, 3.05) is 0 Å². The Morgan fingerprint density at radius 3 is 2.42 bits per heavy atom. The van der Waals surface area contributed by atoms with Crippen molar-refractivity contribution in [3.8, 4) is 0 Å². The molecule has 0 aliphatic heterocycles. The van der Waals surface area contributed by atoms with Gasteiger partial charge in [-0.3, -0.25) is 4.79 Å². The van der Waals surface area contributed by atoms with E-state index in [0.717, 1.165) is 18.4 Å². The van der Waals surface area contributed by atoms with Crippen molar-refractivity contribution in [3.63, 3.8) is 0 Å². The lowest BCUT2D eigenvalue weighted by molar-refractivity contribution is 0.0948. The highest BCUT2D eigenvalue weighted by Crippen LogP contribution is 2.37. The molecule has 0 aromatic heterocycles. The number of sulfonamides is 1. The van der Waals surface area contributed by atoms with Crippen LogP contribution in [0.2, 0.25) is 0 Å². The summed E-state index contributed by atoms with van der Waals surface area (Å²) in [4.78, 5) is 12.6. The molecule has 24 heavy (non-hydrogen) atoms. The fourth-order valence-electron chi connectivity index (χ4n) is 2.98. The first-order valence-corrected chi connectivity index (χ1v) is 9.49. The van der Waals surface area contributed by atoms with E-state index in [-0.39, 0.29) is 17.3 Å². The predicted molar refractivity (Wildman–Crippen MR) is 92.0 cm³/mol. The zero-order valence-corrected chi connectivity index (χ0v) is 14.1. The van der Waals surface area contributed by atoms with Crippen molar-refractivity contribution in [2.45, 2.75) is 36.6 Å². The fraction of sp³-hybridized carbons (Fsp3) is 0.278. The van der Waals surface area contributed by atoms with Gasteiger partial charge in [-0.05, 0) is 42.0 Å². The zero-order valence-electron chi connectivity index (χ0n) is 13.2. The molecule has 3 rings (SSSR count). The smallest absolute Gasteiger partial charge is 0.251 e. The van der Waals surface area contributed by atoms with E-state index >= 15 is 0 Å². The van der Waals surface area contributed by atoms with E-state index in [0.29, 0.717) is 17.0 Å². The molecular weight excluding hydrogens is 324 g/mol. The molecule has 2 aromatic carbocycles. The summed E-state index contributed by atoms with van der Waals surface area (Å²) in [5.41, 5.74) is 2.21. The van der Waals surface area contributed by atoms with Crippen LogP contribution in [0.3, 0.4) is 0 Å². The number of benzene rings is 2. The molecule has 6 heteroatoms. The van der Waals surface area contributed by atoms with Gasteiger partial charge in [0.1, 0.15) is 0 Å². The van der Waals surface area contributed by atoms with Crippen LogP contribution in [0.5, 0.6) is 0 Å². The van der Waals surface area contributed by atoms with Gasteiger partial charge in [-0.25, -0.2) is 13.6 Å². The molecule has 0 heterocycles. The van der Waals surface area contributed by atoms with Gasteiger partial charge in [0.15, 0.2) is 0 Å². The summed E-state index contributed by atoms with van der Waals surface area (Å²) in [5.74, 6) is 0.255. The summed E-state index contributed by atoms with van der Waals surface area (Å²) in [6, 6.07) is 14.0. The second kappa shape index (κ2) is 6.75. The van der Waals surface area contributed by atoms with Crippen LogP contribution in [0.15, 0.2) is 53.4 Å². The first-order valence-electron chi connectivity index (χ1n) is 7.94. The van der Waals surface area contributed by atoms with Crippen molar-refractivity contribution >= 4 is 15.9 Å². The first kappa shape index (κ1) is 16.7. The third kappa shape index (κ3) is 3.49. The number of nitrogens with two attached hydrogens (primary N) is 1. The van der Waals surface area contributed by atoms with E-state index < -0.39 is 10.0 Å². The molecule has 0 atom stereocenters. The lowest BCUT2D eigenvalue weighted by Gasteiger charge is -2.27. The third-order valence-electron chi connectivity index (χ3n) is 4.47. The summed E-state index contributed by atoms with van der Waals surface area (Å²) >= 11 is 0. The molecule has 1 aliphatic carbocycles. The minimum atomic E-state index is -3.81. The normalized spacial score (nSPS) is 14.9. The summed E-state index contributed by atoms with van der Waals surface area (Å²) < 4.78 is 23.2. The van der Waals surface area contributed by atoms with Gasteiger partial charge in [0, 0.05) is 12.1 Å². The van der Waals surface area contributed by atoms with Gasteiger partial charge in [0.25, 0.3) is 5.91 Å². The number of carbonyl (C=O) groups excluding carboxylic acids is 1. The number of nitrogens with one attached hydrogen (secondary N) is 1. The topological polar surface area (TPSA) is 89.3 Å². The molecule has 0 unspecified atom stereocenters. The van der Waals surface area contributed by atoms with Crippen LogP contribution in [0.1, 0.15) is 46.7 Å². The second-order valence-electron chi connectivity index (χ2n) is 6.05. The van der Waals surface area contributed by atoms with E-state index in [4.69, 9.17) is 5.14 Å². The Kier molecular flexibility index (Phi) is 4.69. The Bertz CT molecular complexity index is 858. The molecule has 1 amide bonds. The van der Waals surface area contributed by atoms with E-state index in [1.807, 2.05) is 24.3 Å². The van der Waals surface area contributed by atoms with E-state index in [2.05, 4.69) is 5.32 Å². The van der Waals surface area contributed by atoms with E-state index in [9.17, 15) is 13.2 Å². The van der Waals surface area contributed by atoms with Crippen LogP contribution < -0.4 is 10.5 Å². The SMILES string of the molecule is NS(=O)(=O)c1ccccc1CNC(=O)c1ccccc1C1CCC1. The minimum Gasteiger partial charge on any atom is -0.348 e. The van der Waals surface area contributed by atoms with Gasteiger partial charge in [-0.15, -0.1) is 0 Å². The van der Waals surface area contributed by atoms with E-state index in [1.165, 1.54) is 12.5 Å². The van der Waals surface area contributed by atoms with Crippen LogP contribution in [0.25, 0.3) is 0 Å². The summed E-state index contributed by atoms with van der Waals surface area (Å²) in [7, 11) is -3.81. The molecule has 126 valence electrons. The highest BCUT2D eigenvalue weighted by molar-refractivity contribution is 7.89. The molecule has 3 N–H and O–H groups in total. The maximum absolute atomic E-state index is 12.6. The molecular formula is C18H20N2O3S. The Morgan fingerprint density at radius 1 is 1.08 bits per heavy atom. The molecule has 1 aliphatic rings. The van der Waals surface area contributed by atoms with Gasteiger partial charge in [0.2, 0.25) is 10.0 Å². The monoisotopic (exact) mass is 344 g/mol. The van der Waals surface area contributed by atoms with Crippen LogP contribution in [-0.2, 0) is 16.6 Å². The van der Waals surface area contributed by atoms with Gasteiger partial charge < -0.3 is 5.32 Å². The number of hydrogen-bond donors (Lipinski definition) is 2. The Morgan fingerprint density at radius 2 is 1.75 bits per heavy atom. The molecule has 1 fully saturated rings. The zero-order chi connectivity index (χ0) is 17.2. The highest BCUT2D eigenvalue weighted by atomic mass is 32.2. The van der Waals surface area contributed by atoms with Crippen LogP contribution in [-0.4, -0.2) is 14.3 Å². The first-order chi connectivity index (χ1) is 11.5. The molecule has 0 spiro atoms. The standard InChI is InChI=1S/C18H20N2O3S/c19-24(22,23)17-11-4-1-6-14(17)12-20-18(21)16-10-3-2-9-15(16)13-7-5-8-13/h1-4,6,9-11,13H,5,7-8,12H2,(H,20,21)(H2,19,22,23). The average Bonchev–Trinajstić information content (AvgIpc) is 2.51. The quantitative estimate of drug-likeness (QED) is 0.873.